The second-order valence-corrected chi connectivity index (χ2v) is 7.59. The van der Waals surface area contributed by atoms with Crippen LogP contribution in [0.15, 0.2) is 47.3 Å². The van der Waals surface area contributed by atoms with Gasteiger partial charge in [0.25, 0.3) is 0 Å². The summed E-state index contributed by atoms with van der Waals surface area (Å²) in [5.41, 5.74) is 1.81. The number of anilines is 1. The first-order valence-corrected chi connectivity index (χ1v) is 10.7. The van der Waals surface area contributed by atoms with E-state index in [1.807, 2.05) is 39.0 Å². The number of para-hydroxylation sites is 1. The summed E-state index contributed by atoms with van der Waals surface area (Å²) in [6, 6.07) is 4.99. The van der Waals surface area contributed by atoms with Crippen molar-refractivity contribution in [2.24, 2.45) is 0 Å². The number of nitrogens with one attached hydrogen (secondary N) is 1. The average Bonchev–Trinajstić information content (AvgIpc) is 3.13. The number of nitrogens with zero attached hydrogens (tertiary/aromatic N) is 3. The van der Waals surface area contributed by atoms with E-state index in [9.17, 15) is 4.79 Å². The van der Waals surface area contributed by atoms with Crippen LogP contribution in [0.1, 0.15) is 32.4 Å². The predicted octanol–water partition coefficient (Wildman–Crippen LogP) is 3.82. The summed E-state index contributed by atoms with van der Waals surface area (Å²) >= 11 is 1.53. The van der Waals surface area contributed by atoms with E-state index in [1.54, 1.807) is 11.8 Å². The van der Waals surface area contributed by atoms with Crippen LogP contribution in [0.3, 0.4) is 0 Å². The predicted molar refractivity (Wildman–Crippen MR) is 116 cm³/mol. The first kappa shape index (κ1) is 21.8. The Kier molecular flexibility index (Phi) is 7.04. The number of hydrogen-bond donors (Lipinski definition) is 1. The molecule has 0 radical (unpaired) electrons. The Hall–Kier alpha value is -2.94. The van der Waals surface area contributed by atoms with Gasteiger partial charge in [0.1, 0.15) is 12.6 Å². The number of benzene rings is 1. The van der Waals surface area contributed by atoms with Crippen molar-refractivity contribution in [3.63, 3.8) is 0 Å². The minimum atomic E-state index is -0.589. The van der Waals surface area contributed by atoms with Crippen molar-refractivity contribution in [2.45, 2.75) is 32.0 Å². The third-order valence-corrected chi connectivity index (χ3v) is 5.19. The van der Waals surface area contributed by atoms with Crippen molar-refractivity contribution in [1.82, 2.24) is 14.8 Å². The van der Waals surface area contributed by atoms with Gasteiger partial charge in [-0.2, -0.15) is 4.98 Å². The van der Waals surface area contributed by atoms with Crippen LogP contribution in [-0.4, -0.2) is 46.8 Å². The average molecular weight is 431 g/mol. The van der Waals surface area contributed by atoms with E-state index in [0.29, 0.717) is 40.5 Å². The fourth-order valence-electron chi connectivity index (χ4n) is 3.29. The van der Waals surface area contributed by atoms with Crippen molar-refractivity contribution >= 4 is 23.7 Å². The molecular weight excluding hydrogens is 404 g/mol. The van der Waals surface area contributed by atoms with Crippen molar-refractivity contribution in [3.8, 4) is 11.5 Å². The molecule has 1 aromatic heterocycles. The number of esters is 1. The summed E-state index contributed by atoms with van der Waals surface area (Å²) in [4.78, 5) is 17.6. The zero-order valence-electron chi connectivity index (χ0n) is 17.6. The largest absolute Gasteiger partial charge is 0.493 e. The molecule has 0 bridgehead atoms. The molecule has 1 aliphatic rings. The van der Waals surface area contributed by atoms with Crippen molar-refractivity contribution in [1.29, 1.82) is 0 Å². The molecule has 1 unspecified atom stereocenters. The first-order chi connectivity index (χ1) is 14.5. The molecule has 30 heavy (non-hydrogen) atoms. The number of aromatic nitrogens is 3. The zero-order valence-corrected chi connectivity index (χ0v) is 18.4. The van der Waals surface area contributed by atoms with Crippen LogP contribution in [0.5, 0.6) is 11.5 Å². The number of ether oxygens (including phenoxy) is 3. The van der Waals surface area contributed by atoms with Gasteiger partial charge in [-0.3, -0.25) is 0 Å². The number of carbonyl (C=O) groups excluding carboxylic acids is 1. The van der Waals surface area contributed by atoms with E-state index >= 15 is 0 Å². The van der Waals surface area contributed by atoms with Gasteiger partial charge in [0.2, 0.25) is 11.1 Å². The van der Waals surface area contributed by atoms with Gasteiger partial charge in [0.15, 0.2) is 11.5 Å². The van der Waals surface area contributed by atoms with Gasteiger partial charge in [0, 0.05) is 11.3 Å². The molecule has 1 atom stereocenters. The Bertz CT molecular complexity index is 970. The van der Waals surface area contributed by atoms with Crippen molar-refractivity contribution in [2.75, 3.05) is 31.4 Å². The number of fused-ring (bicyclic) bond motifs is 1. The summed E-state index contributed by atoms with van der Waals surface area (Å²) in [6.07, 6.45) is 1.53. The van der Waals surface area contributed by atoms with Gasteiger partial charge in [-0.25, -0.2) is 9.48 Å². The minimum Gasteiger partial charge on any atom is -0.493 e. The van der Waals surface area contributed by atoms with E-state index < -0.39 is 12.0 Å². The zero-order chi connectivity index (χ0) is 21.7. The lowest BCUT2D eigenvalue weighted by molar-refractivity contribution is -0.138. The molecule has 0 spiro atoms. The maximum atomic E-state index is 13.0. The number of allylic oxidation sites excluding steroid dienone is 1. The van der Waals surface area contributed by atoms with Crippen LogP contribution in [0.25, 0.3) is 0 Å². The first-order valence-electron chi connectivity index (χ1n) is 9.70. The standard InChI is InChI=1S/C21H26N4O4S/c1-6-12-29-19(26)16-13(4)22-20-23-21(30-8-3)24-25(20)17(16)14-10-9-11-15(27-5)18(14)28-7-2/h6,9-11,17H,1,7-8,12H2,2-5H3,(H,22,23,24). The summed E-state index contributed by atoms with van der Waals surface area (Å²) in [5.74, 6) is 2.06. The van der Waals surface area contributed by atoms with E-state index in [-0.39, 0.29) is 6.61 Å². The van der Waals surface area contributed by atoms with Crippen molar-refractivity contribution < 1.29 is 19.0 Å². The highest BCUT2D eigenvalue weighted by atomic mass is 32.2. The Morgan fingerprint density at radius 2 is 2.20 bits per heavy atom. The molecule has 0 amide bonds. The van der Waals surface area contributed by atoms with Gasteiger partial charge in [-0.1, -0.05) is 43.5 Å². The Balaban J connectivity index is 2.21. The molecule has 1 aromatic carbocycles. The molecule has 1 aliphatic heterocycles. The third-order valence-electron chi connectivity index (χ3n) is 4.47. The lowest BCUT2D eigenvalue weighted by Crippen LogP contribution is -2.30. The smallest absolute Gasteiger partial charge is 0.338 e. The van der Waals surface area contributed by atoms with Crippen LogP contribution < -0.4 is 14.8 Å². The quantitative estimate of drug-likeness (QED) is 0.365. The monoisotopic (exact) mass is 430 g/mol. The SMILES string of the molecule is C=CCOC(=O)C1=C(C)Nc2nc(SCC)nn2C1c1cccc(OC)c1OCC. The van der Waals surface area contributed by atoms with E-state index in [4.69, 9.17) is 14.2 Å². The van der Waals surface area contributed by atoms with Gasteiger partial charge in [0.05, 0.1) is 19.3 Å². The summed E-state index contributed by atoms with van der Waals surface area (Å²) < 4.78 is 18.5. The number of thioether (sulfide) groups is 1. The fourth-order valence-corrected chi connectivity index (χ4v) is 3.85. The molecule has 0 aliphatic carbocycles. The Morgan fingerprint density at radius 1 is 1.40 bits per heavy atom. The van der Waals surface area contributed by atoms with Gasteiger partial charge < -0.3 is 19.5 Å². The normalized spacial score (nSPS) is 15.3. The summed E-state index contributed by atoms with van der Waals surface area (Å²) in [7, 11) is 1.58. The lowest BCUT2D eigenvalue weighted by Gasteiger charge is -2.29. The van der Waals surface area contributed by atoms with Gasteiger partial charge in [-0.15, -0.1) is 5.10 Å². The van der Waals surface area contributed by atoms with Gasteiger partial charge >= 0.3 is 5.97 Å². The molecule has 0 saturated heterocycles. The minimum absolute atomic E-state index is 0.111. The lowest BCUT2D eigenvalue weighted by atomic mass is 9.94. The summed E-state index contributed by atoms with van der Waals surface area (Å²) in [5, 5.41) is 8.46. The summed E-state index contributed by atoms with van der Waals surface area (Å²) in [6.45, 7) is 9.93. The topological polar surface area (TPSA) is 87.5 Å². The Labute approximate surface area is 180 Å². The molecule has 1 N–H and O–H groups in total. The molecule has 2 heterocycles. The molecule has 0 saturated carbocycles. The van der Waals surface area contributed by atoms with E-state index in [0.717, 1.165) is 11.3 Å². The number of methoxy groups -OCH3 is 1. The highest BCUT2D eigenvalue weighted by Gasteiger charge is 2.37. The Morgan fingerprint density at radius 3 is 2.87 bits per heavy atom. The van der Waals surface area contributed by atoms with Crippen LogP contribution in [0, 0.1) is 0 Å². The third kappa shape index (κ3) is 4.16. The second-order valence-electron chi connectivity index (χ2n) is 6.36. The molecule has 2 aromatic rings. The van der Waals surface area contributed by atoms with Crippen LogP contribution in [0.2, 0.25) is 0 Å². The number of carbonyl (C=O) groups is 1. The number of hydrogen-bond acceptors (Lipinski definition) is 8. The van der Waals surface area contributed by atoms with Crippen LogP contribution in [-0.2, 0) is 9.53 Å². The molecule has 0 fully saturated rings. The molecular formula is C21H26N4O4S. The highest BCUT2D eigenvalue weighted by Crippen LogP contribution is 2.43. The van der Waals surface area contributed by atoms with E-state index in [2.05, 4.69) is 22.0 Å². The fraction of sp³-hybridized carbons (Fsp3) is 0.381. The van der Waals surface area contributed by atoms with E-state index in [1.165, 1.54) is 17.8 Å². The van der Waals surface area contributed by atoms with Crippen LogP contribution in [0.4, 0.5) is 5.95 Å². The second kappa shape index (κ2) is 9.71. The molecule has 160 valence electrons. The molecule has 9 heteroatoms. The molecule has 3 rings (SSSR count). The number of rotatable bonds is 9. The van der Waals surface area contributed by atoms with Crippen molar-refractivity contribution in [3.05, 3.63) is 47.7 Å². The molecule has 8 nitrogen and oxygen atoms in total. The van der Waals surface area contributed by atoms with Crippen LogP contribution >= 0.6 is 11.8 Å². The maximum absolute atomic E-state index is 13.0. The maximum Gasteiger partial charge on any atom is 0.338 e. The van der Waals surface area contributed by atoms with Gasteiger partial charge in [-0.05, 0) is 25.7 Å². The highest BCUT2D eigenvalue weighted by molar-refractivity contribution is 7.99.